The fourth-order valence-electron chi connectivity index (χ4n) is 2.43. The molecule has 1 aliphatic rings. The van der Waals surface area contributed by atoms with Crippen molar-refractivity contribution in [3.05, 3.63) is 16.3 Å². The summed E-state index contributed by atoms with van der Waals surface area (Å²) in [6, 6.07) is 2.10. The van der Waals surface area contributed by atoms with E-state index < -0.39 is 0 Å². The van der Waals surface area contributed by atoms with Crippen LogP contribution in [0.2, 0.25) is 0 Å². The monoisotopic (exact) mass is 252 g/mol. The molecule has 94 valence electrons. The number of hydrogen-bond donors (Lipinski definition) is 2. The van der Waals surface area contributed by atoms with Gasteiger partial charge < -0.3 is 11.1 Å². The number of nitrogens with two attached hydrogens (primary N) is 1. The van der Waals surface area contributed by atoms with Gasteiger partial charge in [-0.25, -0.2) is 0 Å². The Hall–Kier alpha value is -1.03. The maximum Gasteiger partial charge on any atom is 0.263 e. The lowest BCUT2D eigenvalue weighted by Gasteiger charge is -2.32. The topological polar surface area (TPSA) is 55.1 Å². The van der Waals surface area contributed by atoms with E-state index in [1.807, 2.05) is 5.38 Å². The number of carbonyl (C=O) groups excluding carboxylic acids is 1. The van der Waals surface area contributed by atoms with E-state index in [1.165, 1.54) is 17.8 Å². The minimum Gasteiger partial charge on any atom is -0.397 e. The number of nitrogen functional groups attached to an aromatic ring is 1. The van der Waals surface area contributed by atoms with E-state index in [1.54, 1.807) is 6.07 Å². The smallest absolute Gasteiger partial charge is 0.263 e. The van der Waals surface area contributed by atoms with Crippen molar-refractivity contribution in [1.82, 2.24) is 5.32 Å². The molecule has 0 saturated heterocycles. The van der Waals surface area contributed by atoms with Crippen molar-refractivity contribution in [2.75, 3.05) is 5.73 Å². The molecule has 0 aromatic carbocycles. The average Bonchev–Trinajstić information content (AvgIpc) is 2.70. The Bertz CT molecular complexity index is 402. The molecular formula is C13H20N2OS. The normalized spacial score (nSPS) is 28.9. The third-order valence-electron chi connectivity index (χ3n) is 3.84. The molecule has 3 nitrogen and oxygen atoms in total. The first kappa shape index (κ1) is 12.4. The lowest BCUT2D eigenvalue weighted by molar-refractivity contribution is 0.0915. The summed E-state index contributed by atoms with van der Waals surface area (Å²) in [6.07, 6.45) is 3.37. The Morgan fingerprint density at radius 1 is 1.41 bits per heavy atom. The Morgan fingerprint density at radius 2 is 2.18 bits per heavy atom. The minimum atomic E-state index is -0.00995. The van der Waals surface area contributed by atoms with E-state index in [-0.39, 0.29) is 5.91 Å². The average molecular weight is 252 g/mol. The van der Waals surface area contributed by atoms with Crippen molar-refractivity contribution < 1.29 is 4.79 Å². The summed E-state index contributed by atoms with van der Waals surface area (Å²) in [6.45, 7) is 4.56. The lowest BCUT2D eigenvalue weighted by atomic mass is 9.79. The molecule has 1 amide bonds. The highest BCUT2D eigenvalue weighted by atomic mass is 32.1. The fraction of sp³-hybridized carbons (Fsp3) is 0.615. The van der Waals surface area contributed by atoms with Gasteiger partial charge in [-0.3, -0.25) is 4.79 Å². The first-order valence-electron chi connectivity index (χ1n) is 6.21. The van der Waals surface area contributed by atoms with E-state index in [0.717, 1.165) is 18.8 Å². The number of nitrogens with one attached hydrogen (secondary N) is 1. The number of amides is 1. The maximum atomic E-state index is 12.0. The van der Waals surface area contributed by atoms with Crippen LogP contribution in [-0.4, -0.2) is 11.9 Å². The second kappa shape index (κ2) is 5.08. The summed E-state index contributed by atoms with van der Waals surface area (Å²) in [5, 5.41) is 4.96. The van der Waals surface area contributed by atoms with Gasteiger partial charge >= 0.3 is 0 Å². The van der Waals surface area contributed by atoms with Crippen molar-refractivity contribution in [3.63, 3.8) is 0 Å². The summed E-state index contributed by atoms with van der Waals surface area (Å²) in [7, 11) is 0. The Morgan fingerprint density at radius 3 is 2.76 bits per heavy atom. The molecule has 1 fully saturated rings. The van der Waals surface area contributed by atoms with Gasteiger partial charge in [0.15, 0.2) is 0 Å². The zero-order valence-electron chi connectivity index (χ0n) is 10.4. The summed E-state index contributed by atoms with van der Waals surface area (Å²) >= 11 is 1.41. The molecule has 1 heterocycles. The first-order valence-corrected chi connectivity index (χ1v) is 7.09. The van der Waals surface area contributed by atoms with Crippen LogP contribution in [0.5, 0.6) is 0 Å². The van der Waals surface area contributed by atoms with Crippen molar-refractivity contribution in [2.24, 2.45) is 11.8 Å². The SMILES string of the molecule is CC1CCC(NC(=O)c2sccc2N)CC1C. The number of anilines is 1. The van der Waals surface area contributed by atoms with Crippen LogP contribution in [0.1, 0.15) is 42.8 Å². The third-order valence-corrected chi connectivity index (χ3v) is 4.76. The van der Waals surface area contributed by atoms with E-state index >= 15 is 0 Å². The van der Waals surface area contributed by atoms with Crippen LogP contribution in [0.4, 0.5) is 5.69 Å². The molecule has 3 N–H and O–H groups in total. The van der Waals surface area contributed by atoms with Crippen LogP contribution in [0, 0.1) is 11.8 Å². The molecule has 4 heteroatoms. The van der Waals surface area contributed by atoms with Crippen molar-refractivity contribution in [1.29, 1.82) is 0 Å². The molecule has 1 saturated carbocycles. The maximum absolute atomic E-state index is 12.0. The van der Waals surface area contributed by atoms with Crippen LogP contribution < -0.4 is 11.1 Å². The van der Waals surface area contributed by atoms with Crippen molar-refractivity contribution in [2.45, 2.75) is 39.2 Å². The second-order valence-corrected chi connectivity index (χ2v) is 6.06. The Labute approximate surface area is 106 Å². The summed E-state index contributed by atoms with van der Waals surface area (Å²) in [4.78, 5) is 12.7. The number of rotatable bonds is 2. The third kappa shape index (κ3) is 2.80. The van der Waals surface area contributed by atoms with Crippen LogP contribution in [0.3, 0.4) is 0 Å². The summed E-state index contributed by atoms with van der Waals surface area (Å²) < 4.78 is 0. The van der Waals surface area contributed by atoms with Gasteiger partial charge in [0, 0.05) is 6.04 Å². The molecule has 3 atom stereocenters. The van der Waals surface area contributed by atoms with Gasteiger partial charge in [0.05, 0.1) is 5.69 Å². The van der Waals surface area contributed by atoms with Gasteiger partial charge in [-0.1, -0.05) is 13.8 Å². The largest absolute Gasteiger partial charge is 0.397 e. The summed E-state index contributed by atoms with van der Waals surface area (Å²) in [5.41, 5.74) is 6.33. The van der Waals surface area contributed by atoms with E-state index in [0.29, 0.717) is 22.5 Å². The predicted molar refractivity (Wildman–Crippen MR) is 72.2 cm³/mol. The second-order valence-electron chi connectivity index (χ2n) is 5.14. The molecule has 0 spiro atoms. The zero-order chi connectivity index (χ0) is 12.4. The molecule has 0 aliphatic heterocycles. The first-order chi connectivity index (χ1) is 8.08. The minimum absolute atomic E-state index is 0.00995. The molecule has 1 aromatic heterocycles. The molecule has 1 aromatic rings. The highest BCUT2D eigenvalue weighted by Gasteiger charge is 2.26. The highest BCUT2D eigenvalue weighted by molar-refractivity contribution is 7.12. The lowest BCUT2D eigenvalue weighted by Crippen LogP contribution is -2.39. The molecule has 0 bridgehead atoms. The van der Waals surface area contributed by atoms with Crippen LogP contribution in [0.25, 0.3) is 0 Å². The standard InChI is InChI=1S/C13H20N2OS/c1-8-3-4-10(7-9(8)2)15-13(16)12-11(14)5-6-17-12/h5-6,8-10H,3-4,7,14H2,1-2H3,(H,15,16). The highest BCUT2D eigenvalue weighted by Crippen LogP contribution is 2.29. The summed E-state index contributed by atoms with van der Waals surface area (Å²) in [5.74, 6) is 1.45. The number of hydrogen-bond acceptors (Lipinski definition) is 3. The van der Waals surface area contributed by atoms with Gasteiger partial charge in [-0.2, -0.15) is 0 Å². The van der Waals surface area contributed by atoms with Gasteiger partial charge in [-0.15, -0.1) is 11.3 Å². The predicted octanol–water partition coefficient (Wildman–Crippen LogP) is 2.88. The molecule has 2 rings (SSSR count). The zero-order valence-corrected chi connectivity index (χ0v) is 11.2. The molecule has 0 radical (unpaired) electrons. The van der Waals surface area contributed by atoms with Gasteiger partial charge in [0.2, 0.25) is 0 Å². The van der Waals surface area contributed by atoms with Gasteiger partial charge in [-0.05, 0) is 42.5 Å². The van der Waals surface area contributed by atoms with E-state index in [4.69, 9.17) is 5.73 Å². The van der Waals surface area contributed by atoms with E-state index in [9.17, 15) is 4.79 Å². The molecule has 17 heavy (non-hydrogen) atoms. The molecule has 3 unspecified atom stereocenters. The molecule has 1 aliphatic carbocycles. The van der Waals surface area contributed by atoms with Crippen LogP contribution >= 0.6 is 11.3 Å². The van der Waals surface area contributed by atoms with Gasteiger partial charge in [0.1, 0.15) is 4.88 Å². The Kier molecular flexibility index (Phi) is 3.72. The van der Waals surface area contributed by atoms with E-state index in [2.05, 4.69) is 19.2 Å². The Balaban J connectivity index is 1.94. The fourth-order valence-corrected chi connectivity index (χ4v) is 3.15. The van der Waals surface area contributed by atoms with Gasteiger partial charge in [0.25, 0.3) is 5.91 Å². The number of thiophene rings is 1. The molecular weight excluding hydrogens is 232 g/mol. The number of carbonyl (C=O) groups is 1. The van der Waals surface area contributed by atoms with Crippen molar-refractivity contribution >= 4 is 22.9 Å². The van der Waals surface area contributed by atoms with Crippen molar-refractivity contribution in [3.8, 4) is 0 Å². The quantitative estimate of drug-likeness (QED) is 0.850. The van der Waals surface area contributed by atoms with Crippen LogP contribution in [-0.2, 0) is 0 Å². The van der Waals surface area contributed by atoms with Crippen LogP contribution in [0.15, 0.2) is 11.4 Å².